The maximum Gasteiger partial charge on any atom is 0.273 e. The number of hydrogen-bond acceptors (Lipinski definition) is 4. The zero-order chi connectivity index (χ0) is 19.1. The second-order valence-electron chi connectivity index (χ2n) is 7.68. The molecule has 2 aromatic heterocycles. The van der Waals surface area contributed by atoms with Crippen LogP contribution < -0.4 is 5.56 Å². The van der Waals surface area contributed by atoms with Crippen LogP contribution in [0.5, 0.6) is 0 Å². The maximum atomic E-state index is 13.2. The molecule has 0 N–H and O–H groups in total. The van der Waals surface area contributed by atoms with Crippen LogP contribution in [-0.4, -0.2) is 43.2 Å². The fourth-order valence-corrected chi connectivity index (χ4v) is 4.63. The molecule has 0 aliphatic carbocycles. The Morgan fingerprint density at radius 2 is 2.11 bits per heavy atom. The molecule has 0 bridgehead atoms. The number of fused-ring (bicyclic) bond motifs is 1. The molecule has 0 radical (unpaired) electrons. The first-order chi connectivity index (χ1) is 13.0. The zero-order valence-corrected chi connectivity index (χ0v) is 16.4. The highest BCUT2D eigenvalue weighted by molar-refractivity contribution is 5.94. The van der Waals surface area contributed by atoms with Crippen LogP contribution in [-0.2, 0) is 26.4 Å². The van der Waals surface area contributed by atoms with Gasteiger partial charge in [-0.05, 0) is 32.6 Å². The average Bonchev–Trinajstić information content (AvgIpc) is 3.24. The van der Waals surface area contributed by atoms with Gasteiger partial charge in [0.2, 0.25) is 0 Å². The lowest BCUT2D eigenvalue weighted by Gasteiger charge is -2.34. The number of carbonyl (C=O) groups is 1. The molecule has 144 valence electrons. The Kier molecular flexibility index (Phi) is 4.61. The summed E-state index contributed by atoms with van der Waals surface area (Å²) in [6, 6.07) is 1.68. The van der Waals surface area contributed by atoms with Crippen molar-refractivity contribution in [2.24, 2.45) is 7.05 Å². The Morgan fingerprint density at radius 1 is 1.30 bits per heavy atom. The lowest BCUT2D eigenvalue weighted by atomic mass is 9.93. The number of hydrogen-bond donors (Lipinski definition) is 0. The van der Waals surface area contributed by atoms with Crippen LogP contribution in [0.3, 0.4) is 0 Å². The van der Waals surface area contributed by atoms with E-state index in [4.69, 9.17) is 0 Å². The van der Waals surface area contributed by atoms with Crippen molar-refractivity contribution in [2.45, 2.75) is 58.4 Å². The third-order valence-electron chi connectivity index (χ3n) is 5.96. The zero-order valence-electron chi connectivity index (χ0n) is 16.4. The number of piperidine rings is 1. The molecule has 4 rings (SSSR count). The Labute approximate surface area is 159 Å². The van der Waals surface area contributed by atoms with E-state index in [0.29, 0.717) is 12.2 Å². The van der Waals surface area contributed by atoms with Gasteiger partial charge in [0.15, 0.2) is 0 Å². The Hall–Kier alpha value is -2.44. The summed E-state index contributed by atoms with van der Waals surface area (Å²) in [6.45, 7) is 6.36. The van der Waals surface area contributed by atoms with E-state index in [0.717, 1.165) is 68.0 Å². The quantitative estimate of drug-likeness (QED) is 0.827. The van der Waals surface area contributed by atoms with Crippen molar-refractivity contribution in [1.29, 1.82) is 0 Å². The topological polar surface area (TPSA) is 73.0 Å². The molecule has 2 aromatic rings. The largest absolute Gasteiger partial charge is 0.337 e. The molecule has 1 unspecified atom stereocenters. The predicted molar refractivity (Wildman–Crippen MR) is 102 cm³/mol. The minimum atomic E-state index is -0.156. The van der Waals surface area contributed by atoms with Crippen LogP contribution in [0.15, 0.2) is 10.9 Å². The summed E-state index contributed by atoms with van der Waals surface area (Å²) >= 11 is 0. The lowest BCUT2D eigenvalue weighted by molar-refractivity contribution is 0.0692. The first-order valence-electron chi connectivity index (χ1n) is 9.92. The van der Waals surface area contributed by atoms with Crippen molar-refractivity contribution in [3.8, 4) is 0 Å². The molecule has 0 spiro atoms. The summed E-state index contributed by atoms with van der Waals surface area (Å²) in [6.07, 6.45) is 4.66. The SMILES string of the molecule is CCc1nn(C)c(C(=O)N2CCCC(c3cc(=O)nc4n3CCC4)C2)c1C. The first kappa shape index (κ1) is 17.9. The summed E-state index contributed by atoms with van der Waals surface area (Å²) in [7, 11) is 1.84. The molecular formula is C20H27N5O2. The van der Waals surface area contributed by atoms with Crippen molar-refractivity contribution in [3.05, 3.63) is 44.9 Å². The molecule has 4 heterocycles. The molecular weight excluding hydrogens is 342 g/mol. The highest BCUT2D eigenvalue weighted by atomic mass is 16.2. The smallest absolute Gasteiger partial charge is 0.273 e. The molecule has 7 heteroatoms. The molecule has 2 aliphatic rings. The van der Waals surface area contributed by atoms with E-state index in [1.54, 1.807) is 10.7 Å². The van der Waals surface area contributed by atoms with Crippen molar-refractivity contribution >= 4 is 5.91 Å². The first-order valence-corrected chi connectivity index (χ1v) is 9.92. The van der Waals surface area contributed by atoms with Gasteiger partial charge in [0.1, 0.15) is 11.5 Å². The van der Waals surface area contributed by atoms with E-state index in [1.165, 1.54) is 0 Å². The molecule has 1 amide bonds. The summed E-state index contributed by atoms with van der Waals surface area (Å²) in [5.74, 6) is 1.13. The molecule has 7 nitrogen and oxygen atoms in total. The van der Waals surface area contributed by atoms with Crippen LogP contribution in [0.1, 0.15) is 65.4 Å². The second-order valence-corrected chi connectivity index (χ2v) is 7.68. The van der Waals surface area contributed by atoms with Gasteiger partial charge in [-0.25, -0.2) is 0 Å². The van der Waals surface area contributed by atoms with E-state index in [-0.39, 0.29) is 17.4 Å². The Balaban J connectivity index is 1.62. The molecule has 2 aliphatic heterocycles. The van der Waals surface area contributed by atoms with Crippen molar-refractivity contribution < 1.29 is 4.79 Å². The van der Waals surface area contributed by atoms with Crippen LogP contribution >= 0.6 is 0 Å². The van der Waals surface area contributed by atoms with Gasteiger partial charge in [0.25, 0.3) is 11.5 Å². The van der Waals surface area contributed by atoms with E-state index >= 15 is 0 Å². The standard InChI is InChI=1S/C20H27N5O2/c1-4-15-13(2)19(23(3)22-15)20(27)24-9-5-7-14(12-24)16-11-18(26)21-17-8-6-10-25(16)17/h11,14H,4-10,12H2,1-3H3. The molecule has 1 atom stereocenters. The number of carbonyl (C=O) groups excluding carboxylic acids is 1. The average molecular weight is 369 g/mol. The van der Waals surface area contributed by atoms with Crippen molar-refractivity contribution in [1.82, 2.24) is 24.2 Å². The van der Waals surface area contributed by atoms with Crippen LogP contribution in [0.2, 0.25) is 0 Å². The molecule has 1 fully saturated rings. The van der Waals surface area contributed by atoms with Gasteiger partial charge in [0, 0.05) is 56.3 Å². The third kappa shape index (κ3) is 3.09. The van der Waals surface area contributed by atoms with Crippen LogP contribution in [0.25, 0.3) is 0 Å². The van der Waals surface area contributed by atoms with E-state index < -0.39 is 0 Å². The van der Waals surface area contributed by atoms with E-state index in [1.807, 2.05) is 18.9 Å². The highest BCUT2D eigenvalue weighted by Gasteiger charge is 2.31. The number of likely N-dealkylation sites (tertiary alicyclic amines) is 1. The number of rotatable bonds is 3. The number of aromatic nitrogens is 4. The maximum absolute atomic E-state index is 13.2. The fourth-order valence-electron chi connectivity index (χ4n) is 4.63. The van der Waals surface area contributed by atoms with Gasteiger partial charge in [-0.1, -0.05) is 6.92 Å². The fraction of sp³-hybridized carbons (Fsp3) is 0.600. The number of aryl methyl sites for hydroxylation is 3. The molecule has 27 heavy (non-hydrogen) atoms. The van der Waals surface area contributed by atoms with Crippen LogP contribution in [0.4, 0.5) is 0 Å². The third-order valence-corrected chi connectivity index (χ3v) is 5.96. The molecule has 0 aromatic carbocycles. The van der Waals surface area contributed by atoms with Gasteiger partial charge in [-0.3, -0.25) is 14.3 Å². The van der Waals surface area contributed by atoms with E-state index in [9.17, 15) is 9.59 Å². The monoisotopic (exact) mass is 369 g/mol. The Morgan fingerprint density at radius 3 is 2.85 bits per heavy atom. The minimum absolute atomic E-state index is 0.0462. The molecule has 0 saturated carbocycles. The summed E-state index contributed by atoms with van der Waals surface area (Å²) in [5.41, 5.74) is 3.54. The Bertz CT molecular complexity index is 943. The van der Waals surface area contributed by atoms with Gasteiger partial charge >= 0.3 is 0 Å². The summed E-state index contributed by atoms with van der Waals surface area (Å²) < 4.78 is 3.92. The lowest BCUT2D eigenvalue weighted by Crippen LogP contribution is -2.41. The normalized spacial score (nSPS) is 19.4. The van der Waals surface area contributed by atoms with Gasteiger partial charge in [-0.15, -0.1) is 0 Å². The van der Waals surface area contributed by atoms with Crippen LogP contribution in [0, 0.1) is 6.92 Å². The molecule has 1 saturated heterocycles. The number of nitrogens with zero attached hydrogens (tertiary/aromatic N) is 5. The van der Waals surface area contributed by atoms with Crippen molar-refractivity contribution in [2.75, 3.05) is 13.1 Å². The van der Waals surface area contributed by atoms with E-state index in [2.05, 4.69) is 21.6 Å². The summed E-state index contributed by atoms with van der Waals surface area (Å²) in [4.78, 5) is 31.4. The minimum Gasteiger partial charge on any atom is -0.337 e. The predicted octanol–water partition coefficient (Wildman–Crippen LogP) is 1.81. The van der Waals surface area contributed by atoms with Gasteiger partial charge < -0.3 is 9.47 Å². The highest BCUT2D eigenvalue weighted by Crippen LogP contribution is 2.29. The van der Waals surface area contributed by atoms with Gasteiger partial charge in [-0.2, -0.15) is 10.1 Å². The number of amides is 1. The second kappa shape index (κ2) is 6.94. The summed E-state index contributed by atoms with van der Waals surface area (Å²) in [5, 5.41) is 4.50. The van der Waals surface area contributed by atoms with Gasteiger partial charge in [0.05, 0.1) is 5.69 Å². The van der Waals surface area contributed by atoms with Crippen molar-refractivity contribution in [3.63, 3.8) is 0 Å².